The van der Waals surface area contributed by atoms with E-state index in [9.17, 15) is 0 Å². The molecule has 2 aromatic carbocycles. The largest absolute Gasteiger partial charge is 0.0654 e. The van der Waals surface area contributed by atoms with Gasteiger partial charge >= 0.3 is 0 Å². The SMILES string of the molecule is CCCCc1cc(Br)c2c(c1)Cc1cc(C(C)(C)C)ccc1-2. The van der Waals surface area contributed by atoms with Crippen LogP contribution in [0.1, 0.15) is 62.8 Å². The molecule has 0 fully saturated rings. The predicted molar refractivity (Wildman–Crippen MR) is 99.7 cm³/mol. The third-order valence-electron chi connectivity index (χ3n) is 4.67. The van der Waals surface area contributed by atoms with Crippen LogP contribution in [0.5, 0.6) is 0 Å². The molecule has 0 radical (unpaired) electrons. The summed E-state index contributed by atoms with van der Waals surface area (Å²) in [4.78, 5) is 0. The molecule has 22 heavy (non-hydrogen) atoms. The molecule has 0 aliphatic heterocycles. The fourth-order valence-corrected chi connectivity index (χ4v) is 4.11. The van der Waals surface area contributed by atoms with E-state index in [2.05, 4.69) is 74.0 Å². The van der Waals surface area contributed by atoms with Crippen molar-refractivity contribution in [2.45, 2.75) is 58.8 Å². The predicted octanol–water partition coefficient (Wildman–Crippen LogP) is 6.66. The maximum Gasteiger partial charge on any atom is 0.0259 e. The van der Waals surface area contributed by atoms with Crippen molar-refractivity contribution in [2.75, 3.05) is 0 Å². The molecule has 0 atom stereocenters. The highest BCUT2D eigenvalue weighted by atomic mass is 79.9. The lowest BCUT2D eigenvalue weighted by molar-refractivity contribution is 0.590. The zero-order valence-corrected chi connectivity index (χ0v) is 15.7. The van der Waals surface area contributed by atoms with Gasteiger partial charge in [-0.3, -0.25) is 0 Å². The lowest BCUT2D eigenvalue weighted by atomic mass is 9.85. The maximum absolute atomic E-state index is 3.82. The highest BCUT2D eigenvalue weighted by Crippen LogP contribution is 2.43. The minimum atomic E-state index is 0.216. The van der Waals surface area contributed by atoms with Gasteiger partial charge in [0.15, 0.2) is 0 Å². The van der Waals surface area contributed by atoms with Gasteiger partial charge in [0.1, 0.15) is 0 Å². The van der Waals surface area contributed by atoms with Crippen molar-refractivity contribution in [3.63, 3.8) is 0 Å². The summed E-state index contributed by atoms with van der Waals surface area (Å²) >= 11 is 3.82. The van der Waals surface area contributed by atoms with Crippen molar-refractivity contribution in [3.8, 4) is 11.1 Å². The first kappa shape index (κ1) is 15.8. The van der Waals surface area contributed by atoms with Gasteiger partial charge in [0.05, 0.1) is 0 Å². The van der Waals surface area contributed by atoms with Gasteiger partial charge in [-0.15, -0.1) is 0 Å². The molecule has 116 valence electrons. The minimum absolute atomic E-state index is 0.216. The first-order valence-corrected chi connectivity index (χ1v) is 9.14. The van der Waals surface area contributed by atoms with Crippen LogP contribution in [0.15, 0.2) is 34.8 Å². The molecule has 1 aliphatic carbocycles. The third-order valence-corrected chi connectivity index (χ3v) is 5.30. The zero-order chi connectivity index (χ0) is 15.9. The number of fused-ring (bicyclic) bond motifs is 3. The van der Waals surface area contributed by atoms with Crippen LogP contribution in [0, 0.1) is 0 Å². The number of hydrogen-bond donors (Lipinski definition) is 0. The van der Waals surface area contributed by atoms with E-state index in [4.69, 9.17) is 0 Å². The quantitative estimate of drug-likeness (QED) is 0.492. The number of rotatable bonds is 3. The number of unbranched alkanes of at least 4 members (excludes halogenated alkanes) is 1. The molecule has 1 aliphatic rings. The number of halogens is 1. The van der Waals surface area contributed by atoms with Gasteiger partial charge in [-0.25, -0.2) is 0 Å². The Hall–Kier alpha value is -1.08. The van der Waals surface area contributed by atoms with Crippen LogP contribution < -0.4 is 0 Å². The van der Waals surface area contributed by atoms with Crippen LogP contribution >= 0.6 is 15.9 Å². The zero-order valence-electron chi connectivity index (χ0n) is 14.1. The molecular formula is C21H25Br. The molecule has 0 bridgehead atoms. The van der Waals surface area contributed by atoms with Crippen LogP contribution in [-0.2, 0) is 18.3 Å². The molecule has 0 nitrogen and oxygen atoms in total. The van der Waals surface area contributed by atoms with Gasteiger partial charge in [-0.1, -0.05) is 74.3 Å². The van der Waals surface area contributed by atoms with Crippen molar-refractivity contribution in [1.82, 2.24) is 0 Å². The van der Waals surface area contributed by atoms with E-state index in [0.717, 1.165) is 6.42 Å². The minimum Gasteiger partial charge on any atom is -0.0654 e. The Morgan fingerprint density at radius 3 is 2.50 bits per heavy atom. The van der Waals surface area contributed by atoms with Crippen molar-refractivity contribution < 1.29 is 0 Å². The van der Waals surface area contributed by atoms with Gasteiger partial charge in [-0.2, -0.15) is 0 Å². The van der Waals surface area contributed by atoms with Gasteiger partial charge < -0.3 is 0 Å². The van der Waals surface area contributed by atoms with Crippen LogP contribution in [0.3, 0.4) is 0 Å². The monoisotopic (exact) mass is 356 g/mol. The molecule has 2 aromatic rings. The molecule has 0 saturated carbocycles. The molecule has 0 N–H and O–H groups in total. The third kappa shape index (κ3) is 2.88. The van der Waals surface area contributed by atoms with Crippen LogP contribution in [0.2, 0.25) is 0 Å². The van der Waals surface area contributed by atoms with Crippen molar-refractivity contribution in [2.24, 2.45) is 0 Å². The Morgan fingerprint density at radius 2 is 1.82 bits per heavy atom. The van der Waals surface area contributed by atoms with E-state index in [1.54, 1.807) is 0 Å². The van der Waals surface area contributed by atoms with Gasteiger partial charge in [0.2, 0.25) is 0 Å². The Kier molecular flexibility index (Phi) is 4.20. The second-order valence-corrected chi connectivity index (χ2v) is 8.37. The van der Waals surface area contributed by atoms with E-state index in [0.29, 0.717) is 0 Å². The van der Waals surface area contributed by atoms with Crippen LogP contribution in [0.4, 0.5) is 0 Å². The molecule has 0 aromatic heterocycles. The van der Waals surface area contributed by atoms with Crippen molar-refractivity contribution in [1.29, 1.82) is 0 Å². The number of benzene rings is 2. The number of hydrogen-bond acceptors (Lipinski definition) is 0. The van der Waals surface area contributed by atoms with E-state index in [1.807, 2.05) is 0 Å². The highest BCUT2D eigenvalue weighted by molar-refractivity contribution is 9.10. The van der Waals surface area contributed by atoms with Crippen LogP contribution in [-0.4, -0.2) is 0 Å². The summed E-state index contributed by atoms with van der Waals surface area (Å²) in [5.74, 6) is 0. The standard InChI is InChI=1S/C21H25Br/c1-5-6-7-14-10-16-12-15-13-17(21(2,3)4)8-9-18(15)20(16)19(22)11-14/h8-11,13H,5-7,12H2,1-4H3. The van der Waals surface area contributed by atoms with Gasteiger partial charge in [0, 0.05) is 4.47 Å². The summed E-state index contributed by atoms with van der Waals surface area (Å²) < 4.78 is 1.26. The normalized spacial score (nSPS) is 13.1. The Bertz CT molecular complexity index is 705. The topological polar surface area (TPSA) is 0 Å². The molecule has 3 rings (SSSR count). The second kappa shape index (κ2) is 5.85. The molecule has 0 spiro atoms. The van der Waals surface area contributed by atoms with Gasteiger partial charge in [-0.05, 0) is 64.1 Å². The van der Waals surface area contributed by atoms with Gasteiger partial charge in [0.25, 0.3) is 0 Å². The average molecular weight is 357 g/mol. The average Bonchev–Trinajstić information content (AvgIpc) is 2.81. The molecule has 0 amide bonds. The highest BCUT2D eigenvalue weighted by Gasteiger charge is 2.24. The Labute approximate surface area is 143 Å². The Morgan fingerprint density at radius 1 is 1.05 bits per heavy atom. The van der Waals surface area contributed by atoms with E-state index < -0.39 is 0 Å². The fourth-order valence-electron chi connectivity index (χ4n) is 3.35. The summed E-state index contributed by atoms with van der Waals surface area (Å²) in [5.41, 5.74) is 8.91. The van der Waals surface area contributed by atoms with E-state index in [-0.39, 0.29) is 5.41 Å². The second-order valence-electron chi connectivity index (χ2n) is 7.51. The maximum atomic E-state index is 3.82. The molecule has 0 saturated heterocycles. The molecule has 0 heterocycles. The smallest absolute Gasteiger partial charge is 0.0259 e. The number of aryl methyl sites for hydroxylation is 1. The summed E-state index contributed by atoms with van der Waals surface area (Å²) in [6.45, 7) is 9.12. The summed E-state index contributed by atoms with van der Waals surface area (Å²) in [7, 11) is 0. The lowest BCUT2D eigenvalue weighted by Gasteiger charge is -2.20. The summed E-state index contributed by atoms with van der Waals surface area (Å²) in [6, 6.07) is 11.8. The fraction of sp³-hybridized carbons (Fsp3) is 0.429. The van der Waals surface area contributed by atoms with Crippen molar-refractivity contribution in [3.05, 3.63) is 57.1 Å². The molecule has 0 unspecified atom stereocenters. The molecule has 1 heteroatoms. The summed E-state index contributed by atoms with van der Waals surface area (Å²) in [6.07, 6.45) is 4.79. The Balaban J connectivity index is 2.01. The first-order valence-electron chi connectivity index (χ1n) is 8.35. The first-order chi connectivity index (χ1) is 10.4. The molecular weight excluding hydrogens is 332 g/mol. The van der Waals surface area contributed by atoms with Crippen molar-refractivity contribution >= 4 is 15.9 Å². The van der Waals surface area contributed by atoms with E-state index >= 15 is 0 Å². The van der Waals surface area contributed by atoms with Crippen LogP contribution in [0.25, 0.3) is 11.1 Å². The lowest BCUT2D eigenvalue weighted by Crippen LogP contribution is -2.11. The van der Waals surface area contributed by atoms with E-state index in [1.165, 1.54) is 57.1 Å². The summed E-state index contributed by atoms with van der Waals surface area (Å²) in [5, 5.41) is 0.